The lowest BCUT2D eigenvalue weighted by Crippen LogP contribution is -2.46. The highest BCUT2D eigenvalue weighted by Gasteiger charge is 2.32. The van der Waals surface area contributed by atoms with E-state index in [1.807, 2.05) is 31.2 Å². The fourth-order valence-corrected chi connectivity index (χ4v) is 4.99. The predicted molar refractivity (Wildman–Crippen MR) is 124 cm³/mol. The van der Waals surface area contributed by atoms with Gasteiger partial charge in [0, 0.05) is 31.5 Å². The van der Waals surface area contributed by atoms with Crippen LogP contribution in [-0.4, -0.2) is 53.7 Å². The van der Waals surface area contributed by atoms with Gasteiger partial charge in [-0.15, -0.1) is 0 Å². The van der Waals surface area contributed by atoms with Crippen molar-refractivity contribution in [3.8, 4) is 11.1 Å². The lowest BCUT2D eigenvalue weighted by Gasteiger charge is -2.36. The van der Waals surface area contributed by atoms with Crippen molar-refractivity contribution in [2.24, 2.45) is 5.92 Å². The number of piperidine rings is 1. The highest BCUT2D eigenvalue weighted by atomic mass is 16.5. The number of benzene rings is 2. The van der Waals surface area contributed by atoms with Gasteiger partial charge in [-0.2, -0.15) is 0 Å². The number of ether oxygens (including phenoxy) is 1. The molecule has 7 nitrogen and oxygen atoms in total. The molecule has 2 aliphatic rings. The summed E-state index contributed by atoms with van der Waals surface area (Å²) in [7, 11) is 0. The maximum Gasteiger partial charge on any atom is 0.407 e. The molecule has 2 aromatic carbocycles. The van der Waals surface area contributed by atoms with E-state index < -0.39 is 12.1 Å². The molecule has 2 unspecified atom stereocenters. The number of nitrogens with one attached hydrogen (secondary N) is 1. The fraction of sp³-hybridized carbons (Fsp3) is 0.423. The van der Waals surface area contributed by atoms with Crippen LogP contribution in [0.3, 0.4) is 0 Å². The summed E-state index contributed by atoms with van der Waals surface area (Å²) in [6, 6.07) is 16.3. The molecule has 2 atom stereocenters. The lowest BCUT2D eigenvalue weighted by atomic mass is 9.91. The van der Waals surface area contributed by atoms with Crippen LogP contribution in [0.2, 0.25) is 0 Å². The zero-order chi connectivity index (χ0) is 23.4. The summed E-state index contributed by atoms with van der Waals surface area (Å²) in [6.07, 6.45) is 1.31. The smallest absolute Gasteiger partial charge is 0.407 e. The van der Waals surface area contributed by atoms with Crippen LogP contribution < -0.4 is 5.32 Å². The highest BCUT2D eigenvalue weighted by Crippen LogP contribution is 2.44. The van der Waals surface area contributed by atoms with E-state index >= 15 is 0 Å². The van der Waals surface area contributed by atoms with Crippen LogP contribution in [0.4, 0.5) is 4.79 Å². The number of carbonyl (C=O) groups is 3. The van der Waals surface area contributed by atoms with Gasteiger partial charge in [-0.3, -0.25) is 9.59 Å². The molecule has 33 heavy (non-hydrogen) atoms. The van der Waals surface area contributed by atoms with Gasteiger partial charge in [-0.25, -0.2) is 4.79 Å². The van der Waals surface area contributed by atoms with Crippen molar-refractivity contribution in [2.75, 3.05) is 19.7 Å². The summed E-state index contributed by atoms with van der Waals surface area (Å²) < 4.78 is 5.51. The SMILES string of the molecule is CC1CC(C(=O)O)CCN1C(=O)CCCNC(=O)OCC1c2ccccc2-c2ccccc21. The molecule has 2 amide bonds. The minimum atomic E-state index is -0.791. The van der Waals surface area contributed by atoms with E-state index in [-0.39, 0.29) is 30.4 Å². The van der Waals surface area contributed by atoms with Gasteiger partial charge in [-0.1, -0.05) is 48.5 Å². The van der Waals surface area contributed by atoms with E-state index in [1.165, 1.54) is 11.1 Å². The molecule has 0 aromatic heterocycles. The zero-order valence-corrected chi connectivity index (χ0v) is 18.8. The number of nitrogens with zero attached hydrogens (tertiary/aromatic N) is 1. The van der Waals surface area contributed by atoms with Gasteiger partial charge in [0.05, 0.1) is 5.92 Å². The average Bonchev–Trinajstić information content (AvgIpc) is 3.14. The third-order valence-electron chi connectivity index (χ3n) is 6.73. The molecule has 0 bridgehead atoms. The van der Waals surface area contributed by atoms with Gasteiger partial charge in [0.15, 0.2) is 0 Å². The van der Waals surface area contributed by atoms with Crippen molar-refractivity contribution in [3.05, 3.63) is 59.7 Å². The van der Waals surface area contributed by atoms with Gasteiger partial charge in [0.2, 0.25) is 5.91 Å². The number of alkyl carbamates (subject to hydrolysis) is 1. The van der Waals surface area contributed by atoms with E-state index in [9.17, 15) is 14.4 Å². The summed E-state index contributed by atoms with van der Waals surface area (Å²) in [5.74, 6) is -1.15. The molecule has 1 saturated heterocycles. The Morgan fingerprint density at radius 1 is 1.06 bits per heavy atom. The van der Waals surface area contributed by atoms with Crippen molar-refractivity contribution >= 4 is 18.0 Å². The van der Waals surface area contributed by atoms with Crippen LogP contribution in [0.1, 0.15) is 49.7 Å². The van der Waals surface area contributed by atoms with E-state index in [2.05, 4.69) is 29.6 Å². The summed E-state index contributed by atoms with van der Waals surface area (Å²) in [5, 5.41) is 11.9. The Kier molecular flexibility index (Phi) is 6.96. The molecule has 1 aliphatic carbocycles. The molecule has 1 heterocycles. The number of amides is 2. The zero-order valence-electron chi connectivity index (χ0n) is 18.8. The maximum absolute atomic E-state index is 12.5. The second kappa shape index (κ2) is 10.1. The summed E-state index contributed by atoms with van der Waals surface area (Å²) in [4.78, 5) is 37.6. The second-order valence-electron chi connectivity index (χ2n) is 8.85. The van der Waals surface area contributed by atoms with Crippen molar-refractivity contribution in [1.29, 1.82) is 0 Å². The summed E-state index contributed by atoms with van der Waals surface area (Å²) >= 11 is 0. The third-order valence-corrected chi connectivity index (χ3v) is 6.73. The van der Waals surface area contributed by atoms with E-state index in [1.54, 1.807) is 4.90 Å². The van der Waals surface area contributed by atoms with Crippen LogP contribution in [-0.2, 0) is 14.3 Å². The number of carboxylic acid groups (broad SMARTS) is 1. The van der Waals surface area contributed by atoms with Gasteiger partial charge in [-0.05, 0) is 48.4 Å². The first kappa shape index (κ1) is 22.8. The molecule has 2 N–H and O–H groups in total. The molecule has 4 rings (SSSR count). The van der Waals surface area contributed by atoms with Crippen molar-refractivity contribution in [3.63, 3.8) is 0 Å². The highest BCUT2D eigenvalue weighted by molar-refractivity contribution is 5.79. The quantitative estimate of drug-likeness (QED) is 0.621. The number of rotatable bonds is 7. The van der Waals surface area contributed by atoms with Crippen LogP contribution in [0.5, 0.6) is 0 Å². The Morgan fingerprint density at radius 3 is 2.30 bits per heavy atom. The largest absolute Gasteiger partial charge is 0.481 e. The minimum Gasteiger partial charge on any atom is -0.481 e. The number of hydrogen-bond acceptors (Lipinski definition) is 4. The third kappa shape index (κ3) is 5.02. The minimum absolute atomic E-state index is 0.000626. The average molecular weight is 451 g/mol. The van der Waals surface area contributed by atoms with Crippen molar-refractivity contribution in [2.45, 2.75) is 44.6 Å². The Bertz CT molecular complexity index is 991. The molecule has 0 radical (unpaired) electrons. The number of aliphatic carboxylic acids is 1. The van der Waals surface area contributed by atoms with E-state index in [0.717, 1.165) is 11.1 Å². The topological polar surface area (TPSA) is 95.9 Å². The van der Waals surface area contributed by atoms with Crippen molar-refractivity contribution in [1.82, 2.24) is 10.2 Å². The van der Waals surface area contributed by atoms with Gasteiger partial charge >= 0.3 is 12.1 Å². The molecule has 7 heteroatoms. The standard InChI is InChI=1S/C26H30N2O5/c1-17-15-18(25(30)31)12-14-28(17)24(29)11-6-13-27-26(32)33-16-23-21-9-4-2-7-19(21)20-8-3-5-10-22(20)23/h2-5,7-10,17-18,23H,6,11-16H2,1H3,(H,27,32)(H,30,31). The van der Waals surface area contributed by atoms with Crippen LogP contribution in [0.25, 0.3) is 11.1 Å². The summed E-state index contributed by atoms with van der Waals surface area (Å²) in [5.41, 5.74) is 4.69. The normalized spacial score (nSPS) is 19.5. The van der Waals surface area contributed by atoms with Gasteiger partial charge in [0.25, 0.3) is 0 Å². The Morgan fingerprint density at radius 2 is 1.70 bits per heavy atom. The van der Waals surface area contributed by atoms with Crippen LogP contribution in [0.15, 0.2) is 48.5 Å². The number of carboxylic acids is 1. The van der Waals surface area contributed by atoms with Gasteiger partial charge in [0.1, 0.15) is 6.61 Å². The number of carbonyl (C=O) groups excluding carboxylic acids is 2. The Balaban J connectivity index is 1.20. The first-order valence-electron chi connectivity index (χ1n) is 11.6. The number of likely N-dealkylation sites (tertiary alicyclic amines) is 1. The Labute approximate surface area is 193 Å². The Hall–Kier alpha value is -3.35. The molecule has 0 spiro atoms. The first-order valence-corrected chi connectivity index (χ1v) is 11.6. The van der Waals surface area contributed by atoms with E-state index in [4.69, 9.17) is 9.84 Å². The molecule has 2 aromatic rings. The monoisotopic (exact) mass is 450 g/mol. The molecular formula is C26H30N2O5. The molecular weight excluding hydrogens is 420 g/mol. The van der Waals surface area contributed by atoms with Crippen LogP contribution >= 0.6 is 0 Å². The van der Waals surface area contributed by atoms with Gasteiger partial charge < -0.3 is 20.1 Å². The predicted octanol–water partition coefficient (Wildman–Crippen LogP) is 4.02. The molecule has 1 aliphatic heterocycles. The molecule has 0 saturated carbocycles. The lowest BCUT2D eigenvalue weighted by molar-refractivity contribution is -0.147. The van der Waals surface area contributed by atoms with Crippen LogP contribution in [0, 0.1) is 5.92 Å². The first-order chi connectivity index (χ1) is 16.0. The second-order valence-corrected chi connectivity index (χ2v) is 8.85. The maximum atomic E-state index is 12.5. The summed E-state index contributed by atoms with van der Waals surface area (Å²) in [6.45, 7) is 2.97. The number of hydrogen-bond donors (Lipinski definition) is 2. The fourth-order valence-electron chi connectivity index (χ4n) is 4.99. The van der Waals surface area contributed by atoms with E-state index in [0.29, 0.717) is 38.8 Å². The number of fused-ring (bicyclic) bond motifs is 3. The molecule has 1 fully saturated rings. The van der Waals surface area contributed by atoms with Crippen molar-refractivity contribution < 1.29 is 24.2 Å². The molecule has 174 valence electrons.